The molecular weight excluding hydrogens is 264 g/mol. The molecule has 2 nitrogen and oxygen atoms in total. The van der Waals surface area contributed by atoms with Crippen molar-refractivity contribution in [2.75, 3.05) is 4.90 Å². The molecule has 0 fully saturated rings. The largest absolute Gasteiger partial charge is 0.397 e. The van der Waals surface area contributed by atoms with Gasteiger partial charge in [0, 0.05) is 16.0 Å². The predicted octanol–water partition coefficient (Wildman–Crippen LogP) is 4.07. The van der Waals surface area contributed by atoms with E-state index < -0.39 is 0 Å². The lowest BCUT2D eigenvalue weighted by molar-refractivity contribution is 1.05. The molecule has 1 aliphatic carbocycles. The molecule has 0 radical (unpaired) electrons. The summed E-state index contributed by atoms with van der Waals surface area (Å²) in [6.45, 7) is 0. The van der Waals surface area contributed by atoms with Crippen molar-refractivity contribution in [3.8, 4) is 0 Å². The zero-order valence-corrected chi connectivity index (χ0v) is 11.7. The SMILES string of the molecule is NC1=CC=CN2C1=C1CC=CC=C1Sc1ccccc12. The molecule has 4 rings (SSSR count). The average molecular weight is 278 g/mol. The van der Waals surface area contributed by atoms with Crippen LogP contribution in [-0.2, 0) is 0 Å². The summed E-state index contributed by atoms with van der Waals surface area (Å²) < 4.78 is 0. The van der Waals surface area contributed by atoms with Gasteiger partial charge >= 0.3 is 0 Å². The number of nitrogens with two attached hydrogens (primary N) is 1. The zero-order chi connectivity index (χ0) is 13.5. The number of hydrogen-bond donors (Lipinski definition) is 1. The van der Waals surface area contributed by atoms with Gasteiger partial charge < -0.3 is 10.6 Å². The van der Waals surface area contributed by atoms with Gasteiger partial charge in [-0.1, -0.05) is 36.0 Å². The molecule has 2 aliphatic heterocycles. The molecule has 0 bridgehead atoms. The van der Waals surface area contributed by atoms with Gasteiger partial charge in [-0.05, 0) is 42.4 Å². The molecule has 20 heavy (non-hydrogen) atoms. The van der Waals surface area contributed by atoms with Crippen molar-refractivity contribution in [2.45, 2.75) is 11.3 Å². The van der Waals surface area contributed by atoms with Crippen LogP contribution < -0.4 is 10.6 Å². The molecule has 0 saturated carbocycles. The summed E-state index contributed by atoms with van der Waals surface area (Å²) in [6.07, 6.45) is 13.5. The third-order valence-corrected chi connectivity index (χ3v) is 4.83. The van der Waals surface area contributed by atoms with Gasteiger partial charge in [0.05, 0.1) is 17.1 Å². The molecule has 3 heteroatoms. The topological polar surface area (TPSA) is 29.3 Å². The Bertz CT molecular complexity index is 735. The number of thioether (sulfide) groups is 1. The van der Waals surface area contributed by atoms with Gasteiger partial charge in [-0.25, -0.2) is 0 Å². The smallest absolute Gasteiger partial charge is 0.0733 e. The van der Waals surface area contributed by atoms with E-state index in [1.165, 1.54) is 21.1 Å². The summed E-state index contributed by atoms with van der Waals surface area (Å²) in [6, 6.07) is 8.48. The van der Waals surface area contributed by atoms with E-state index in [0.29, 0.717) is 0 Å². The number of nitrogens with zero attached hydrogens (tertiary/aromatic N) is 1. The minimum Gasteiger partial charge on any atom is -0.397 e. The first-order chi connectivity index (χ1) is 9.84. The van der Waals surface area contributed by atoms with Crippen LogP contribution >= 0.6 is 11.8 Å². The number of hydrogen-bond acceptors (Lipinski definition) is 3. The lowest BCUT2D eigenvalue weighted by Crippen LogP contribution is -2.24. The minimum atomic E-state index is 0.834. The van der Waals surface area contributed by atoms with Crippen molar-refractivity contribution < 1.29 is 0 Å². The summed E-state index contributed by atoms with van der Waals surface area (Å²) in [7, 11) is 0. The number of allylic oxidation sites excluding steroid dienone is 6. The third kappa shape index (κ3) is 1.67. The van der Waals surface area contributed by atoms with E-state index in [0.717, 1.165) is 17.8 Å². The standard InChI is InChI=1S/C17H14N2S/c18-13-7-5-11-19-14-8-2-4-10-16(14)20-15-9-3-1-6-12(15)17(13)19/h1-5,7-11H,6,18H2. The summed E-state index contributed by atoms with van der Waals surface area (Å²) in [5, 5.41) is 0. The Morgan fingerprint density at radius 3 is 2.95 bits per heavy atom. The number of anilines is 1. The highest BCUT2D eigenvalue weighted by Gasteiger charge is 2.27. The van der Waals surface area contributed by atoms with E-state index in [1.807, 2.05) is 23.9 Å². The van der Waals surface area contributed by atoms with Crippen LogP contribution in [0.5, 0.6) is 0 Å². The average Bonchev–Trinajstić information content (AvgIpc) is 2.62. The normalized spacial score (nSPS) is 19.7. The van der Waals surface area contributed by atoms with Crippen LogP contribution in [-0.4, -0.2) is 0 Å². The first-order valence-corrected chi connectivity index (χ1v) is 7.47. The Morgan fingerprint density at radius 1 is 1.10 bits per heavy atom. The van der Waals surface area contributed by atoms with Gasteiger partial charge in [-0.2, -0.15) is 0 Å². The van der Waals surface area contributed by atoms with Crippen molar-refractivity contribution >= 4 is 17.4 Å². The lowest BCUT2D eigenvalue weighted by atomic mass is 10.0. The Hall–Kier alpha value is -2.13. The van der Waals surface area contributed by atoms with Crippen LogP contribution in [0, 0.1) is 0 Å². The second-order valence-corrected chi connectivity index (χ2v) is 5.98. The third-order valence-electron chi connectivity index (χ3n) is 3.66. The molecule has 0 atom stereocenters. The maximum absolute atomic E-state index is 6.27. The number of para-hydroxylation sites is 1. The van der Waals surface area contributed by atoms with E-state index in [1.54, 1.807) is 0 Å². The molecule has 0 spiro atoms. The fourth-order valence-corrected chi connectivity index (χ4v) is 3.86. The van der Waals surface area contributed by atoms with Gasteiger partial charge in [0.25, 0.3) is 0 Å². The highest BCUT2D eigenvalue weighted by molar-refractivity contribution is 8.03. The molecular formula is C17H14N2S. The summed E-state index contributed by atoms with van der Waals surface area (Å²) in [4.78, 5) is 4.78. The number of benzene rings is 1. The van der Waals surface area contributed by atoms with E-state index in [2.05, 4.69) is 53.6 Å². The van der Waals surface area contributed by atoms with Gasteiger partial charge in [0.15, 0.2) is 0 Å². The summed E-state index contributed by atoms with van der Waals surface area (Å²) in [5.74, 6) is 0. The van der Waals surface area contributed by atoms with Crippen molar-refractivity contribution in [2.24, 2.45) is 5.73 Å². The Morgan fingerprint density at radius 2 is 2.00 bits per heavy atom. The van der Waals surface area contributed by atoms with E-state index >= 15 is 0 Å². The highest BCUT2D eigenvalue weighted by atomic mass is 32.2. The molecule has 98 valence electrons. The van der Waals surface area contributed by atoms with Crippen LogP contribution in [0.3, 0.4) is 0 Å². The van der Waals surface area contributed by atoms with Crippen LogP contribution in [0.4, 0.5) is 5.69 Å². The minimum absolute atomic E-state index is 0.834. The van der Waals surface area contributed by atoms with Crippen molar-refractivity contribution in [1.82, 2.24) is 0 Å². The summed E-state index contributed by atoms with van der Waals surface area (Å²) in [5.41, 5.74) is 10.7. The number of fused-ring (bicyclic) bond motifs is 4. The van der Waals surface area contributed by atoms with Crippen LogP contribution in [0.2, 0.25) is 0 Å². The predicted molar refractivity (Wildman–Crippen MR) is 85.1 cm³/mol. The lowest BCUT2D eigenvalue weighted by Gasteiger charge is -2.28. The second kappa shape index (κ2) is 4.46. The maximum atomic E-state index is 6.27. The molecule has 1 aromatic rings. The second-order valence-electron chi connectivity index (χ2n) is 4.89. The fourth-order valence-electron chi connectivity index (χ4n) is 2.76. The first-order valence-electron chi connectivity index (χ1n) is 6.65. The van der Waals surface area contributed by atoms with E-state index in [-0.39, 0.29) is 0 Å². The first kappa shape index (κ1) is 11.7. The molecule has 2 heterocycles. The van der Waals surface area contributed by atoms with Crippen molar-refractivity contribution in [1.29, 1.82) is 0 Å². The Labute approximate surface area is 122 Å². The Kier molecular flexibility index (Phi) is 2.60. The Balaban J connectivity index is 2.02. The monoisotopic (exact) mass is 278 g/mol. The molecule has 0 aromatic heterocycles. The van der Waals surface area contributed by atoms with Crippen molar-refractivity contribution in [3.05, 3.63) is 82.7 Å². The van der Waals surface area contributed by atoms with Gasteiger partial charge in [-0.15, -0.1) is 0 Å². The number of rotatable bonds is 0. The quantitative estimate of drug-likeness (QED) is 0.775. The van der Waals surface area contributed by atoms with Crippen LogP contribution in [0.15, 0.2) is 87.6 Å². The van der Waals surface area contributed by atoms with Gasteiger partial charge in [0.1, 0.15) is 0 Å². The maximum Gasteiger partial charge on any atom is 0.0733 e. The molecule has 0 amide bonds. The van der Waals surface area contributed by atoms with Crippen LogP contribution in [0.1, 0.15) is 6.42 Å². The van der Waals surface area contributed by atoms with Gasteiger partial charge in [-0.3, -0.25) is 0 Å². The van der Waals surface area contributed by atoms with E-state index in [9.17, 15) is 0 Å². The van der Waals surface area contributed by atoms with Gasteiger partial charge in [0.2, 0.25) is 0 Å². The van der Waals surface area contributed by atoms with Crippen LogP contribution in [0.25, 0.3) is 0 Å². The zero-order valence-electron chi connectivity index (χ0n) is 10.9. The molecule has 0 saturated heterocycles. The highest BCUT2D eigenvalue weighted by Crippen LogP contribution is 2.47. The van der Waals surface area contributed by atoms with Crippen molar-refractivity contribution in [3.63, 3.8) is 0 Å². The summed E-state index contributed by atoms with van der Waals surface area (Å²) >= 11 is 1.82. The molecule has 2 N–H and O–H groups in total. The molecule has 1 aromatic carbocycles. The fraction of sp³-hybridized carbons (Fsp3) is 0.0588. The van der Waals surface area contributed by atoms with E-state index in [4.69, 9.17) is 5.73 Å². The molecule has 3 aliphatic rings. The molecule has 0 unspecified atom stereocenters.